The van der Waals surface area contributed by atoms with Gasteiger partial charge >= 0.3 is 6.18 Å². The molecule has 0 atom stereocenters. The molecule has 0 radical (unpaired) electrons. The number of ether oxygens (including phenoxy) is 1. The van der Waals surface area contributed by atoms with E-state index in [9.17, 15) is 18.3 Å². The van der Waals surface area contributed by atoms with Gasteiger partial charge in [-0.05, 0) is 36.6 Å². The molecule has 7 nitrogen and oxygen atoms in total. The summed E-state index contributed by atoms with van der Waals surface area (Å²) in [6.07, 6.45) is -1.54. The number of halogens is 3. The quantitative estimate of drug-likeness (QED) is 0.694. The number of fused-ring (bicyclic) bond motifs is 1. The molecule has 28 heavy (non-hydrogen) atoms. The van der Waals surface area contributed by atoms with E-state index in [2.05, 4.69) is 20.5 Å². The van der Waals surface area contributed by atoms with E-state index in [0.717, 1.165) is 0 Å². The fraction of sp³-hybridized carbons (Fsp3) is 0.389. The van der Waals surface area contributed by atoms with Gasteiger partial charge in [-0.25, -0.2) is 4.98 Å². The Morgan fingerprint density at radius 2 is 2.07 bits per heavy atom. The van der Waals surface area contributed by atoms with E-state index in [-0.39, 0.29) is 17.7 Å². The third-order valence-electron chi connectivity index (χ3n) is 4.76. The summed E-state index contributed by atoms with van der Waals surface area (Å²) in [7, 11) is 1.40. The average molecular weight is 393 g/mol. The van der Waals surface area contributed by atoms with Gasteiger partial charge in [0.25, 0.3) is 0 Å². The van der Waals surface area contributed by atoms with E-state index in [1.165, 1.54) is 25.7 Å². The van der Waals surface area contributed by atoms with Crippen molar-refractivity contribution in [1.82, 2.24) is 19.6 Å². The zero-order valence-corrected chi connectivity index (χ0v) is 14.9. The van der Waals surface area contributed by atoms with Crippen molar-refractivity contribution in [3.63, 3.8) is 0 Å². The lowest BCUT2D eigenvalue weighted by atomic mass is 9.90. The second-order valence-electron chi connectivity index (χ2n) is 6.80. The number of rotatable bonds is 5. The van der Waals surface area contributed by atoms with Gasteiger partial charge in [0.15, 0.2) is 0 Å². The molecule has 1 aromatic carbocycles. The highest BCUT2D eigenvalue weighted by molar-refractivity contribution is 5.79. The summed E-state index contributed by atoms with van der Waals surface area (Å²) in [5.41, 5.74) is 1.21. The molecule has 0 spiro atoms. The van der Waals surface area contributed by atoms with Gasteiger partial charge in [-0.2, -0.15) is 13.2 Å². The maximum atomic E-state index is 13.1. The van der Waals surface area contributed by atoms with Crippen molar-refractivity contribution < 1.29 is 23.0 Å². The summed E-state index contributed by atoms with van der Waals surface area (Å²) >= 11 is 0. The molecule has 4 rings (SSSR count). The third kappa shape index (κ3) is 3.59. The number of nitrogens with zero attached hydrogens (tertiary/aromatic N) is 4. The standard InChI is InChI=1S/C18H18F3N5O2/c1-28-13-2-3-14(10(4-13)7-18(19,20)21)16-15-8-22-9-26(15)17(25-24-16)23-11-5-12(27)6-11/h2-4,8-9,11-12,27H,5-7H2,1H3,(H,23,25). The highest BCUT2D eigenvalue weighted by Gasteiger charge is 2.31. The molecular formula is C18H18F3N5O2. The first-order valence-electron chi connectivity index (χ1n) is 8.71. The Hall–Kier alpha value is -2.88. The molecule has 1 saturated carbocycles. The Morgan fingerprint density at radius 3 is 2.75 bits per heavy atom. The van der Waals surface area contributed by atoms with Gasteiger partial charge in [0.05, 0.1) is 31.3 Å². The minimum Gasteiger partial charge on any atom is -0.497 e. The van der Waals surface area contributed by atoms with Gasteiger partial charge in [0, 0.05) is 11.6 Å². The molecule has 1 aliphatic carbocycles. The van der Waals surface area contributed by atoms with Crippen LogP contribution in [-0.4, -0.2) is 50.1 Å². The zero-order chi connectivity index (χ0) is 19.9. The van der Waals surface area contributed by atoms with Crippen LogP contribution in [0.2, 0.25) is 0 Å². The third-order valence-corrected chi connectivity index (χ3v) is 4.76. The molecule has 1 fully saturated rings. The molecule has 2 N–H and O–H groups in total. The van der Waals surface area contributed by atoms with E-state index < -0.39 is 12.6 Å². The number of benzene rings is 1. The summed E-state index contributed by atoms with van der Waals surface area (Å²) in [5.74, 6) is 0.765. The van der Waals surface area contributed by atoms with Crippen molar-refractivity contribution in [3.8, 4) is 17.0 Å². The second kappa shape index (κ2) is 6.93. The molecule has 0 bridgehead atoms. The molecule has 0 unspecified atom stereocenters. The molecule has 148 valence electrons. The molecule has 0 saturated heterocycles. The maximum Gasteiger partial charge on any atom is 0.393 e. The van der Waals surface area contributed by atoms with Gasteiger partial charge in [-0.15, -0.1) is 10.2 Å². The average Bonchev–Trinajstić information content (AvgIpc) is 3.09. The first kappa shape index (κ1) is 18.5. The van der Waals surface area contributed by atoms with E-state index in [4.69, 9.17) is 4.74 Å². The topological polar surface area (TPSA) is 84.6 Å². The molecular weight excluding hydrogens is 375 g/mol. The predicted molar refractivity (Wildman–Crippen MR) is 95.2 cm³/mol. The predicted octanol–water partition coefficient (Wildman–Crippen LogP) is 2.84. The molecule has 1 aliphatic rings. The number of aromatic nitrogens is 4. The summed E-state index contributed by atoms with van der Waals surface area (Å²) < 4.78 is 46.0. The summed E-state index contributed by atoms with van der Waals surface area (Å²) in [4.78, 5) is 4.10. The lowest BCUT2D eigenvalue weighted by Gasteiger charge is -2.32. The summed E-state index contributed by atoms with van der Waals surface area (Å²) in [6.45, 7) is 0. The number of hydrogen-bond acceptors (Lipinski definition) is 6. The van der Waals surface area contributed by atoms with Gasteiger partial charge in [0.1, 0.15) is 17.8 Å². The zero-order valence-electron chi connectivity index (χ0n) is 14.9. The molecule has 3 aromatic rings. The van der Waals surface area contributed by atoms with Crippen LogP contribution in [0.1, 0.15) is 18.4 Å². The monoisotopic (exact) mass is 393 g/mol. The fourth-order valence-electron chi connectivity index (χ4n) is 3.30. The van der Waals surface area contributed by atoms with Crippen LogP contribution in [0.25, 0.3) is 16.8 Å². The van der Waals surface area contributed by atoms with Crippen LogP contribution >= 0.6 is 0 Å². The van der Waals surface area contributed by atoms with Crippen LogP contribution in [0, 0.1) is 0 Å². The Kier molecular flexibility index (Phi) is 4.58. The number of hydrogen-bond donors (Lipinski definition) is 2. The Labute approximate surface area is 158 Å². The Balaban J connectivity index is 1.76. The van der Waals surface area contributed by atoms with Gasteiger partial charge in [-0.3, -0.25) is 4.40 Å². The van der Waals surface area contributed by atoms with Crippen LogP contribution in [-0.2, 0) is 6.42 Å². The van der Waals surface area contributed by atoms with Crippen molar-refractivity contribution in [2.24, 2.45) is 0 Å². The largest absolute Gasteiger partial charge is 0.497 e. The first-order chi connectivity index (χ1) is 13.3. The van der Waals surface area contributed by atoms with Gasteiger partial charge < -0.3 is 15.2 Å². The van der Waals surface area contributed by atoms with Gasteiger partial charge in [-0.1, -0.05) is 0 Å². The number of aliphatic hydroxyl groups is 1. The van der Waals surface area contributed by atoms with Crippen LogP contribution in [0.5, 0.6) is 5.75 Å². The van der Waals surface area contributed by atoms with Crippen molar-refractivity contribution in [2.75, 3.05) is 12.4 Å². The van der Waals surface area contributed by atoms with Crippen molar-refractivity contribution in [1.29, 1.82) is 0 Å². The second-order valence-corrected chi connectivity index (χ2v) is 6.80. The normalized spacial score (nSPS) is 19.5. The Bertz CT molecular complexity index is 999. The van der Waals surface area contributed by atoms with Crippen molar-refractivity contribution in [2.45, 2.75) is 37.6 Å². The highest BCUT2D eigenvalue weighted by Crippen LogP contribution is 2.34. The number of methoxy groups -OCH3 is 1. The molecule has 2 aromatic heterocycles. The van der Waals surface area contributed by atoms with Crippen molar-refractivity contribution >= 4 is 11.5 Å². The number of imidazole rings is 1. The van der Waals surface area contributed by atoms with E-state index in [0.29, 0.717) is 41.3 Å². The maximum absolute atomic E-state index is 13.1. The lowest BCUT2D eigenvalue weighted by molar-refractivity contribution is -0.127. The summed E-state index contributed by atoms with van der Waals surface area (Å²) in [5, 5.41) is 20.9. The molecule has 0 aliphatic heterocycles. The van der Waals surface area contributed by atoms with Gasteiger partial charge in [0.2, 0.25) is 5.95 Å². The minimum absolute atomic E-state index is 0.0482. The smallest absolute Gasteiger partial charge is 0.393 e. The lowest BCUT2D eigenvalue weighted by Crippen LogP contribution is -2.39. The summed E-state index contributed by atoms with van der Waals surface area (Å²) in [6, 6.07) is 4.57. The van der Waals surface area contributed by atoms with Crippen LogP contribution in [0.4, 0.5) is 19.1 Å². The van der Waals surface area contributed by atoms with Crippen molar-refractivity contribution in [3.05, 3.63) is 36.3 Å². The SMILES string of the molecule is COc1ccc(-c2nnc(NC3CC(O)C3)n3cncc23)c(CC(F)(F)F)c1. The van der Waals surface area contributed by atoms with Crippen LogP contribution in [0.3, 0.4) is 0 Å². The fourth-order valence-corrected chi connectivity index (χ4v) is 3.30. The van der Waals surface area contributed by atoms with E-state index >= 15 is 0 Å². The minimum atomic E-state index is -4.38. The molecule has 10 heteroatoms. The molecule has 2 heterocycles. The van der Waals surface area contributed by atoms with Crippen LogP contribution < -0.4 is 10.1 Å². The van der Waals surface area contributed by atoms with E-state index in [1.807, 2.05) is 0 Å². The van der Waals surface area contributed by atoms with Crippen LogP contribution in [0.15, 0.2) is 30.7 Å². The number of aliphatic hydroxyl groups excluding tert-OH is 1. The van der Waals surface area contributed by atoms with E-state index in [1.54, 1.807) is 16.5 Å². The Morgan fingerprint density at radius 1 is 1.29 bits per heavy atom. The number of anilines is 1. The number of alkyl halides is 3. The molecule has 0 amide bonds. The highest BCUT2D eigenvalue weighted by atomic mass is 19.4. The number of nitrogens with one attached hydrogen (secondary N) is 1. The first-order valence-corrected chi connectivity index (χ1v) is 8.71.